The Morgan fingerprint density at radius 1 is 1.56 bits per heavy atom. The minimum Gasteiger partial charge on any atom is -0.308 e. The molecule has 1 fully saturated rings. The van der Waals surface area contributed by atoms with E-state index in [1.54, 1.807) is 0 Å². The highest BCUT2D eigenvalue weighted by Gasteiger charge is 2.47. The van der Waals surface area contributed by atoms with E-state index in [0.29, 0.717) is 11.5 Å². The predicted octanol–water partition coefficient (Wildman–Crippen LogP) is 2.42. The summed E-state index contributed by atoms with van der Waals surface area (Å²) in [6, 6.07) is 0.363. The summed E-state index contributed by atoms with van der Waals surface area (Å²) in [5.74, 6) is 0. The largest absolute Gasteiger partial charge is 0.308 e. The number of hydrogen-bond donors (Lipinski definition) is 1. The van der Waals surface area contributed by atoms with Crippen LogP contribution in [0.25, 0.3) is 0 Å². The van der Waals surface area contributed by atoms with E-state index < -0.39 is 0 Å². The lowest BCUT2D eigenvalue weighted by Gasteiger charge is -2.25. The molecule has 2 rings (SSSR count). The van der Waals surface area contributed by atoms with Gasteiger partial charge in [0.2, 0.25) is 0 Å². The van der Waals surface area contributed by atoms with Crippen molar-refractivity contribution in [1.82, 2.24) is 20.3 Å². The molecule has 0 spiro atoms. The number of rotatable bonds is 5. The Hall–Kier alpha value is -0.420. The molecule has 0 bridgehead atoms. The van der Waals surface area contributed by atoms with Gasteiger partial charge in [-0.15, -0.1) is 5.10 Å². The van der Waals surface area contributed by atoms with E-state index in [2.05, 4.69) is 45.4 Å². The smallest absolute Gasteiger partial charge is 0.153 e. The summed E-state index contributed by atoms with van der Waals surface area (Å²) in [7, 11) is 1.96. The summed E-state index contributed by atoms with van der Waals surface area (Å²) in [6.45, 7) is 5.56. The van der Waals surface area contributed by atoms with E-state index in [1.807, 2.05) is 11.7 Å². The summed E-state index contributed by atoms with van der Waals surface area (Å²) >= 11 is 3.50. The third-order valence-electron chi connectivity index (χ3n) is 3.43. The lowest BCUT2D eigenvalue weighted by Crippen LogP contribution is -2.30. The molecule has 0 radical (unpaired) electrons. The Morgan fingerprint density at radius 2 is 2.25 bits per heavy atom. The van der Waals surface area contributed by atoms with Gasteiger partial charge in [0.1, 0.15) is 0 Å². The highest BCUT2D eigenvalue weighted by molar-refractivity contribution is 9.10. The monoisotopic (exact) mass is 286 g/mol. The Morgan fingerprint density at radius 3 is 2.69 bits per heavy atom. The summed E-state index contributed by atoms with van der Waals surface area (Å²) < 4.78 is 2.75. The van der Waals surface area contributed by atoms with E-state index in [0.717, 1.165) is 17.6 Å². The zero-order valence-electron chi connectivity index (χ0n) is 10.1. The van der Waals surface area contributed by atoms with Crippen molar-refractivity contribution in [2.45, 2.75) is 39.2 Å². The van der Waals surface area contributed by atoms with Gasteiger partial charge in [0, 0.05) is 7.05 Å². The van der Waals surface area contributed by atoms with Crippen LogP contribution in [0.4, 0.5) is 0 Å². The van der Waals surface area contributed by atoms with Crippen LogP contribution >= 0.6 is 15.9 Å². The van der Waals surface area contributed by atoms with Crippen LogP contribution in [-0.2, 0) is 7.05 Å². The van der Waals surface area contributed by atoms with Crippen molar-refractivity contribution in [2.75, 3.05) is 6.54 Å². The van der Waals surface area contributed by atoms with Crippen molar-refractivity contribution in [3.8, 4) is 0 Å². The minimum atomic E-state index is 0.363. The van der Waals surface area contributed by atoms with Crippen molar-refractivity contribution in [2.24, 2.45) is 12.5 Å². The van der Waals surface area contributed by atoms with Gasteiger partial charge in [-0.05, 0) is 47.2 Å². The average Bonchev–Trinajstić information content (AvgIpc) is 2.91. The van der Waals surface area contributed by atoms with Crippen molar-refractivity contribution in [1.29, 1.82) is 0 Å². The van der Waals surface area contributed by atoms with Gasteiger partial charge in [-0.2, -0.15) is 0 Å². The maximum absolute atomic E-state index is 4.08. The van der Waals surface area contributed by atoms with Crippen LogP contribution in [0.5, 0.6) is 0 Å². The quantitative estimate of drug-likeness (QED) is 0.904. The lowest BCUT2D eigenvalue weighted by atomic mass is 9.96. The van der Waals surface area contributed by atoms with Gasteiger partial charge in [-0.1, -0.05) is 19.1 Å². The number of hydrogen-bond acceptors (Lipinski definition) is 3. The average molecular weight is 287 g/mol. The highest BCUT2D eigenvalue weighted by atomic mass is 79.9. The molecule has 1 unspecified atom stereocenters. The molecule has 1 aliphatic rings. The van der Waals surface area contributed by atoms with Crippen molar-refractivity contribution in [3.05, 3.63) is 10.3 Å². The molecule has 1 N–H and O–H groups in total. The van der Waals surface area contributed by atoms with Gasteiger partial charge in [-0.25, -0.2) is 4.68 Å². The maximum Gasteiger partial charge on any atom is 0.153 e. The molecule has 0 amide bonds. The van der Waals surface area contributed by atoms with Gasteiger partial charge in [0.05, 0.1) is 11.7 Å². The third-order valence-corrected chi connectivity index (χ3v) is 4.00. The molecule has 1 heterocycles. The summed E-state index contributed by atoms with van der Waals surface area (Å²) in [4.78, 5) is 0. The van der Waals surface area contributed by atoms with Gasteiger partial charge in [0.25, 0.3) is 0 Å². The molecule has 16 heavy (non-hydrogen) atoms. The van der Waals surface area contributed by atoms with Crippen LogP contribution in [0, 0.1) is 5.41 Å². The summed E-state index contributed by atoms with van der Waals surface area (Å²) in [5.41, 5.74) is 1.56. The van der Waals surface area contributed by atoms with Crippen LogP contribution in [0.15, 0.2) is 4.60 Å². The lowest BCUT2D eigenvalue weighted by molar-refractivity contribution is 0.347. The second-order valence-corrected chi connectivity index (χ2v) is 5.68. The van der Waals surface area contributed by atoms with Gasteiger partial charge in [-0.3, -0.25) is 0 Å². The first-order valence-corrected chi connectivity index (χ1v) is 6.66. The van der Waals surface area contributed by atoms with E-state index >= 15 is 0 Å². The number of aryl methyl sites for hydroxylation is 1. The Bertz CT molecular complexity index is 351. The summed E-state index contributed by atoms with van der Waals surface area (Å²) in [5, 5.41) is 11.8. The van der Waals surface area contributed by atoms with Crippen LogP contribution in [0.3, 0.4) is 0 Å². The van der Waals surface area contributed by atoms with Gasteiger partial charge in [0.15, 0.2) is 4.60 Å². The molecule has 0 saturated heterocycles. The molecule has 1 atom stereocenters. The fourth-order valence-electron chi connectivity index (χ4n) is 2.09. The molecule has 90 valence electrons. The Labute approximate surface area is 105 Å². The van der Waals surface area contributed by atoms with E-state index in [-0.39, 0.29) is 0 Å². The topological polar surface area (TPSA) is 42.7 Å². The van der Waals surface area contributed by atoms with Crippen LogP contribution in [0.1, 0.15) is 44.8 Å². The fraction of sp³-hybridized carbons (Fsp3) is 0.818. The number of halogens is 1. The first-order valence-electron chi connectivity index (χ1n) is 5.87. The standard InChI is InChI=1S/C11H19BrN4/c1-4-7-13-9(11(2)5-6-11)8-10(12)14-15-16(8)3/h9,13H,4-7H2,1-3H3. The molecule has 1 aliphatic carbocycles. The molecule has 1 aromatic rings. The number of nitrogens with one attached hydrogen (secondary N) is 1. The zero-order valence-corrected chi connectivity index (χ0v) is 11.7. The van der Waals surface area contributed by atoms with Crippen molar-refractivity contribution in [3.63, 3.8) is 0 Å². The molecule has 5 heteroatoms. The molecule has 0 aromatic carbocycles. The molecule has 4 nitrogen and oxygen atoms in total. The Kier molecular flexibility index (Phi) is 3.35. The second-order valence-electron chi connectivity index (χ2n) is 4.93. The van der Waals surface area contributed by atoms with E-state index in [1.165, 1.54) is 18.5 Å². The SMILES string of the molecule is CCCNC(c1c(Br)nnn1C)C1(C)CC1. The van der Waals surface area contributed by atoms with Crippen LogP contribution < -0.4 is 5.32 Å². The molecule has 1 aromatic heterocycles. The number of nitrogens with zero attached hydrogens (tertiary/aromatic N) is 3. The van der Waals surface area contributed by atoms with Gasteiger partial charge < -0.3 is 5.32 Å². The van der Waals surface area contributed by atoms with Crippen LogP contribution in [-0.4, -0.2) is 21.5 Å². The molecular weight excluding hydrogens is 268 g/mol. The second kappa shape index (κ2) is 4.45. The zero-order chi connectivity index (χ0) is 11.8. The van der Waals surface area contributed by atoms with E-state index in [9.17, 15) is 0 Å². The predicted molar refractivity (Wildman–Crippen MR) is 67.1 cm³/mol. The van der Waals surface area contributed by atoms with E-state index in [4.69, 9.17) is 0 Å². The van der Waals surface area contributed by atoms with Crippen molar-refractivity contribution >= 4 is 15.9 Å². The first-order chi connectivity index (χ1) is 7.58. The highest BCUT2D eigenvalue weighted by Crippen LogP contribution is 2.55. The van der Waals surface area contributed by atoms with Crippen molar-refractivity contribution < 1.29 is 0 Å². The third kappa shape index (κ3) is 2.15. The maximum atomic E-state index is 4.08. The minimum absolute atomic E-state index is 0.363. The first kappa shape index (κ1) is 12.0. The normalized spacial score (nSPS) is 19.8. The number of aromatic nitrogens is 3. The fourth-order valence-corrected chi connectivity index (χ4v) is 2.65. The van der Waals surface area contributed by atoms with Crippen LogP contribution in [0.2, 0.25) is 0 Å². The summed E-state index contributed by atoms with van der Waals surface area (Å²) in [6.07, 6.45) is 3.72. The molecular formula is C11H19BrN4. The van der Waals surface area contributed by atoms with Gasteiger partial charge >= 0.3 is 0 Å². The molecule has 0 aliphatic heterocycles. The Balaban J connectivity index is 2.25. The molecule has 1 saturated carbocycles.